The average molecular weight is 308 g/mol. The second kappa shape index (κ2) is 7.02. The fourth-order valence-electron chi connectivity index (χ4n) is 3.93. The molecule has 2 nitrogen and oxygen atoms in total. The van der Waals surface area contributed by atoms with Crippen molar-refractivity contribution in [1.29, 1.82) is 0 Å². The van der Waals surface area contributed by atoms with Crippen LogP contribution in [0.1, 0.15) is 62.0 Å². The van der Waals surface area contributed by atoms with Crippen molar-refractivity contribution in [3.05, 3.63) is 28.3 Å². The molecule has 2 fully saturated rings. The molecule has 21 heavy (non-hydrogen) atoms. The van der Waals surface area contributed by atoms with Crippen LogP contribution in [-0.4, -0.2) is 19.7 Å². The summed E-state index contributed by atoms with van der Waals surface area (Å²) in [4.78, 5) is 0. The molecule has 1 heterocycles. The SMILES string of the molecule is COc1c(Cl)cc(CC2CCCCN2)cc1C1CCCC1. The van der Waals surface area contributed by atoms with E-state index in [9.17, 15) is 0 Å². The molecule has 1 aliphatic heterocycles. The predicted octanol–water partition coefficient (Wildman–Crippen LogP) is 4.69. The summed E-state index contributed by atoms with van der Waals surface area (Å²) in [6.45, 7) is 1.16. The number of halogens is 1. The lowest BCUT2D eigenvalue weighted by atomic mass is 9.91. The van der Waals surface area contributed by atoms with Crippen molar-refractivity contribution in [2.75, 3.05) is 13.7 Å². The molecule has 0 aromatic heterocycles. The number of piperidine rings is 1. The summed E-state index contributed by atoms with van der Waals surface area (Å²) >= 11 is 6.49. The lowest BCUT2D eigenvalue weighted by Gasteiger charge is -2.24. The number of hydrogen-bond acceptors (Lipinski definition) is 2. The van der Waals surface area contributed by atoms with E-state index in [1.54, 1.807) is 7.11 Å². The van der Waals surface area contributed by atoms with Gasteiger partial charge in [-0.3, -0.25) is 0 Å². The first kappa shape index (κ1) is 15.2. The summed E-state index contributed by atoms with van der Waals surface area (Å²) < 4.78 is 5.59. The van der Waals surface area contributed by atoms with Gasteiger partial charge < -0.3 is 10.1 Å². The summed E-state index contributed by atoms with van der Waals surface area (Å²) in [5, 5.41) is 4.42. The number of benzene rings is 1. The summed E-state index contributed by atoms with van der Waals surface area (Å²) in [5.41, 5.74) is 2.70. The fourth-order valence-corrected chi connectivity index (χ4v) is 4.26. The van der Waals surface area contributed by atoms with Crippen LogP contribution in [0.5, 0.6) is 5.75 Å². The van der Waals surface area contributed by atoms with Crippen LogP contribution in [0.4, 0.5) is 0 Å². The van der Waals surface area contributed by atoms with Gasteiger partial charge in [-0.2, -0.15) is 0 Å². The molecule has 1 aromatic carbocycles. The van der Waals surface area contributed by atoms with Crippen molar-refractivity contribution >= 4 is 11.6 Å². The van der Waals surface area contributed by atoms with E-state index in [0.29, 0.717) is 12.0 Å². The molecule has 1 saturated heterocycles. The molecule has 1 saturated carbocycles. The van der Waals surface area contributed by atoms with E-state index in [4.69, 9.17) is 16.3 Å². The zero-order chi connectivity index (χ0) is 14.7. The monoisotopic (exact) mass is 307 g/mol. The minimum Gasteiger partial charge on any atom is -0.495 e. The molecule has 116 valence electrons. The third-order valence-electron chi connectivity index (χ3n) is 5.03. The minimum absolute atomic E-state index is 0.611. The highest BCUT2D eigenvalue weighted by Crippen LogP contribution is 2.42. The number of ether oxygens (including phenoxy) is 1. The van der Waals surface area contributed by atoms with Crippen molar-refractivity contribution in [1.82, 2.24) is 5.32 Å². The Morgan fingerprint density at radius 1 is 1.14 bits per heavy atom. The lowest BCUT2D eigenvalue weighted by molar-refractivity contribution is 0.396. The maximum Gasteiger partial charge on any atom is 0.140 e. The molecule has 1 aliphatic carbocycles. The van der Waals surface area contributed by atoms with Gasteiger partial charge in [-0.05, 0) is 61.8 Å². The van der Waals surface area contributed by atoms with Crippen LogP contribution in [-0.2, 0) is 6.42 Å². The largest absolute Gasteiger partial charge is 0.495 e. The van der Waals surface area contributed by atoms with Crippen LogP contribution in [0.2, 0.25) is 5.02 Å². The number of methoxy groups -OCH3 is 1. The Morgan fingerprint density at radius 3 is 2.57 bits per heavy atom. The van der Waals surface area contributed by atoms with E-state index in [0.717, 1.165) is 23.7 Å². The van der Waals surface area contributed by atoms with Gasteiger partial charge in [0.15, 0.2) is 0 Å². The highest BCUT2D eigenvalue weighted by Gasteiger charge is 2.23. The molecule has 1 N–H and O–H groups in total. The van der Waals surface area contributed by atoms with E-state index in [2.05, 4.69) is 17.4 Å². The lowest BCUT2D eigenvalue weighted by Crippen LogP contribution is -2.35. The van der Waals surface area contributed by atoms with Gasteiger partial charge in [0.2, 0.25) is 0 Å². The molecule has 0 bridgehead atoms. The van der Waals surface area contributed by atoms with Crippen molar-refractivity contribution in [3.63, 3.8) is 0 Å². The van der Waals surface area contributed by atoms with Gasteiger partial charge >= 0.3 is 0 Å². The summed E-state index contributed by atoms with van der Waals surface area (Å²) in [5.74, 6) is 1.54. The number of rotatable bonds is 4. The molecule has 1 atom stereocenters. The number of hydrogen-bond donors (Lipinski definition) is 1. The Morgan fingerprint density at radius 2 is 1.90 bits per heavy atom. The van der Waals surface area contributed by atoms with Gasteiger partial charge in [0.1, 0.15) is 5.75 Å². The summed E-state index contributed by atoms with van der Waals surface area (Å²) in [6, 6.07) is 5.08. The summed E-state index contributed by atoms with van der Waals surface area (Å²) in [7, 11) is 1.74. The molecule has 3 heteroatoms. The first-order valence-corrected chi connectivity index (χ1v) is 8.75. The Kier molecular flexibility index (Phi) is 5.07. The maximum atomic E-state index is 6.49. The van der Waals surface area contributed by atoms with Crippen LogP contribution in [0, 0.1) is 0 Å². The molecule has 0 amide bonds. The Labute approximate surface area is 133 Å². The van der Waals surface area contributed by atoms with Crippen LogP contribution < -0.4 is 10.1 Å². The molecule has 2 aliphatic rings. The first-order chi connectivity index (χ1) is 10.3. The molecule has 1 unspecified atom stereocenters. The number of nitrogens with one attached hydrogen (secondary N) is 1. The quantitative estimate of drug-likeness (QED) is 0.871. The van der Waals surface area contributed by atoms with Crippen LogP contribution in [0.3, 0.4) is 0 Å². The van der Waals surface area contributed by atoms with Crippen LogP contribution in [0.15, 0.2) is 12.1 Å². The normalized spacial score (nSPS) is 23.4. The molecule has 0 spiro atoms. The van der Waals surface area contributed by atoms with Crippen molar-refractivity contribution in [3.8, 4) is 5.75 Å². The zero-order valence-electron chi connectivity index (χ0n) is 13.0. The molecule has 1 aromatic rings. The average Bonchev–Trinajstić information content (AvgIpc) is 3.02. The van der Waals surface area contributed by atoms with Crippen LogP contribution in [0.25, 0.3) is 0 Å². The maximum absolute atomic E-state index is 6.49. The third-order valence-corrected chi connectivity index (χ3v) is 5.31. The van der Waals surface area contributed by atoms with Gasteiger partial charge in [-0.15, -0.1) is 0 Å². The molecule has 0 radical (unpaired) electrons. The standard InChI is InChI=1S/C18H26ClNO/c1-21-18-16(14-6-2-3-7-14)11-13(12-17(18)19)10-15-8-4-5-9-20-15/h11-12,14-15,20H,2-10H2,1H3. The van der Waals surface area contributed by atoms with Gasteiger partial charge in [-0.1, -0.05) is 36.9 Å². The van der Waals surface area contributed by atoms with Gasteiger partial charge in [0, 0.05) is 6.04 Å². The Hall–Kier alpha value is -0.730. The topological polar surface area (TPSA) is 21.3 Å². The molecular weight excluding hydrogens is 282 g/mol. The highest BCUT2D eigenvalue weighted by molar-refractivity contribution is 6.32. The third kappa shape index (κ3) is 3.54. The minimum atomic E-state index is 0.611. The fraction of sp³-hybridized carbons (Fsp3) is 0.667. The second-order valence-corrected chi connectivity index (χ2v) is 6.94. The molecule has 3 rings (SSSR count). The molecular formula is C18H26ClNO. The van der Waals surface area contributed by atoms with E-state index >= 15 is 0 Å². The highest BCUT2D eigenvalue weighted by atomic mass is 35.5. The van der Waals surface area contributed by atoms with E-state index in [1.165, 1.54) is 56.1 Å². The van der Waals surface area contributed by atoms with Crippen LogP contribution >= 0.6 is 11.6 Å². The van der Waals surface area contributed by atoms with Crippen molar-refractivity contribution in [2.45, 2.75) is 63.3 Å². The van der Waals surface area contributed by atoms with E-state index < -0.39 is 0 Å². The van der Waals surface area contributed by atoms with E-state index in [-0.39, 0.29) is 0 Å². The van der Waals surface area contributed by atoms with Gasteiger partial charge in [-0.25, -0.2) is 0 Å². The van der Waals surface area contributed by atoms with Gasteiger partial charge in [0.25, 0.3) is 0 Å². The van der Waals surface area contributed by atoms with Crippen molar-refractivity contribution in [2.24, 2.45) is 0 Å². The summed E-state index contributed by atoms with van der Waals surface area (Å²) in [6.07, 6.45) is 10.2. The van der Waals surface area contributed by atoms with E-state index in [1.807, 2.05) is 0 Å². The van der Waals surface area contributed by atoms with Crippen molar-refractivity contribution < 1.29 is 4.74 Å². The smallest absolute Gasteiger partial charge is 0.140 e. The Bertz CT molecular complexity index is 476. The Balaban J connectivity index is 1.83. The zero-order valence-corrected chi connectivity index (χ0v) is 13.7. The first-order valence-electron chi connectivity index (χ1n) is 8.37. The predicted molar refractivity (Wildman–Crippen MR) is 88.6 cm³/mol. The van der Waals surface area contributed by atoms with Gasteiger partial charge in [0.05, 0.1) is 12.1 Å². The second-order valence-electron chi connectivity index (χ2n) is 6.53.